The van der Waals surface area contributed by atoms with Gasteiger partial charge in [0.25, 0.3) is 0 Å². The second kappa shape index (κ2) is 7.92. The summed E-state index contributed by atoms with van der Waals surface area (Å²) in [4.78, 5) is 11.5. The summed E-state index contributed by atoms with van der Waals surface area (Å²) < 4.78 is 5.33. The number of ether oxygens (including phenoxy) is 1. The summed E-state index contributed by atoms with van der Waals surface area (Å²) in [5, 5.41) is 2.77. The fraction of sp³-hybridized carbons (Fsp3) is 0.417. The molecule has 0 spiro atoms. The molecule has 0 saturated heterocycles. The third-order valence-corrected chi connectivity index (χ3v) is 1.94. The molecule has 3 N–H and O–H groups in total. The molecule has 0 aliphatic heterocycles. The number of amides is 1. The van der Waals surface area contributed by atoms with Crippen LogP contribution >= 0.6 is 12.4 Å². The maximum absolute atomic E-state index is 11.5. The Bertz CT molecular complexity index is 356. The van der Waals surface area contributed by atoms with Gasteiger partial charge < -0.3 is 15.8 Å². The standard InChI is InChI=1S/C12H18N2O2.ClH/c1-3-16-11-6-4-5-10(8-11)14-12(15)7-9(2)13;/h4-6,8-9H,3,7,13H2,1-2H3,(H,14,15);1H. The third-order valence-electron chi connectivity index (χ3n) is 1.94. The van der Waals surface area contributed by atoms with Crippen LogP contribution in [0.4, 0.5) is 5.69 Å². The first-order valence-electron chi connectivity index (χ1n) is 5.40. The first-order chi connectivity index (χ1) is 7.61. The van der Waals surface area contributed by atoms with E-state index in [1.165, 1.54) is 0 Å². The topological polar surface area (TPSA) is 64.3 Å². The van der Waals surface area contributed by atoms with Gasteiger partial charge in [0.05, 0.1) is 6.61 Å². The van der Waals surface area contributed by atoms with Gasteiger partial charge in [0.1, 0.15) is 5.75 Å². The Morgan fingerprint density at radius 3 is 2.82 bits per heavy atom. The molecule has 0 aliphatic rings. The summed E-state index contributed by atoms with van der Waals surface area (Å²) >= 11 is 0. The molecule has 0 bridgehead atoms. The Morgan fingerprint density at radius 1 is 1.53 bits per heavy atom. The quantitative estimate of drug-likeness (QED) is 0.851. The fourth-order valence-electron chi connectivity index (χ4n) is 1.33. The molecule has 1 amide bonds. The largest absolute Gasteiger partial charge is 0.494 e. The van der Waals surface area contributed by atoms with Gasteiger partial charge in [-0.15, -0.1) is 12.4 Å². The smallest absolute Gasteiger partial charge is 0.225 e. The number of anilines is 1. The van der Waals surface area contributed by atoms with Crippen LogP contribution in [0.15, 0.2) is 24.3 Å². The Labute approximate surface area is 108 Å². The molecular weight excluding hydrogens is 240 g/mol. The zero-order chi connectivity index (χ0) is 12.0. The Hall–Kier alpha value is -1.26. The minimum absolute atomic E-state index is 0. The van der Waals surface area contributed by atoms with E-state index in [4.69, 9.17) is 10.5 Å². The van der Waals surface area contributed by atoms with Crippen LogP contribution in [0.2, 0.25) is 0 Å². The normalized spacial score (nSPS) is 11.2. The zero-order valence-electron chi connectivity index (χ0n) is 10.1. The number of halogens is 1. The molecule has 0 saturated carbocycles. The summed E-state index contributed by atoms with van der Waals surface area (Å²) in [5.41, 5.74) is 6.27. The van der Waals surface area contributed by atoms with Crippen LogP contribution in [0.25, 0.3) is 0 Å². The predicted molar refractivity (Wildman–Crippen MR) is 71.8 cm³/mol. The van der Waals surface area contributed by atoms with E-state index in [1.54, 1.807) is 13.0 Å². The van der Waals surface area contributed by atoms with Gasteiger partial charge in [-0.3, -0.25) is 4.79 Å². The summed E-state index contributed by atoms with van der Waals surface area (Å²) in [6.45, 7) is 4.33. The molecule has 1 atom stereocenters. The van der Waals surface area contributed by atoms with Crippen molar-refractivity contribution < 1.29 is 9.53 Å². The van der Waals surface area contributed by atoms with Crippen molar-refractivity contribution in [2.75, 3.05) is 11.9 Å². The molecule has 0 heterocycles. The first-order valence-corrected chi connectivity index (χ1v) is 5.40. The summed E-state index contributed by atoms with van der Waals surface area (Å²) in [7, 11) is 0. The van der Waals surface area contributed by atoms with Gasteiger partial charge >= 0.3 is 0 Å². The van der Waals surface area contributed by atoms with Gasteiger partial charge in [0.15, 0.2) is 0 Å². The molecule has 96 valence electrons. The fourth-order valence-corrected chi connectivity index (χ4v) is 1.33. The SMILES string of the molecule is CCOc1cccc(NC(=O)CC(C)N)c1.Cl. The molecule has 0 aliphatic carbocycles. The van der Waals surface area contributed by atoms with Crippen molar-refractivity contribution in [2.45, 2.75) is 26.3 Å². The van der Waals surface area contributed by atoms with E-state index in [0.29, 0.717) is 13.0 Å². The summed E-state index contributed by atoms with van der Waals surface area (Å²) in [6.07, 6.45) is 0.318. The summed E-state index contributed by atoms with van der Waals surface area (Å²) in [5.74, 6) is 0.671. The first kappa shape index (κ1) is 15.7. The number of nitrogens with one attached hydrogen (secondary N) is 1. The maximum Gasteiger partial charge on any atom is 0.225 e. The molecule has 17 heavy (non-hydrogen) atoms. The van der Waals surface area contributed by atoms with Crippen molar-refractivity contribution in [1.82, 2.24) is 0 Å². The molecule has 0 radical (unpaired) electrons. The maximum atomic E-state index is 11.5. The molecule has 4 nitrogen and oxygen atoms in total. The van der Waals surface area contributed by atoms with Gasteiger partial charge in [0.2, 0.25) is 5.91 Å². The minimum Gasteiger partial charge on any atom is -0.494 e. The molecule has 1 aromatic rings. The van der Waals surface area contributed by atoms with Crippen molar-refractivity contribution in [3.63, 3.8) is 0 Å². The van der Waals surface area contributed by atoms with Gasteiger partial charge in [-0.05, 0) is 26.0 Å². The minimum atomic E-state index is -0.130. The van der Waals surface area contributed by atoms with Gasteiger partial charge in [-0.2, -0.15) is 0 Å². The van der Waals surface area contributed by atoms with Crippen LogP contribution in [0, 0.1) is 0 Å². The van der Waals surface area contributed by atoms with E-state index < -0.39 is 0 Å². The molecule has 1 unspecified atom stereocenters. The zero-order valence-corrected chi connectivity index (χ0v) is 10.9. The van der Waals surface area contributed by atoms with Crippen molar-refractivity contribution >= 4 is 24.0 Å². The van der Waals surface area contributed by atoms with Crippen molar-refractivity contribution in [2.24, 2.45) is 5.73 Å². The summed E-state index contributed by atoms with van der Waals surface area (Å²) in [6, 6.07) is 7.18. The molecule has 1 rings (SSSR count). The lowest BCUT2D eigenvalue weighted by Gasteiger charge is -2.09. The van der Waals surface area contributed by atoms with Crippen LogP contribution in [-0.4, -0.2) is 18.6 Å². The third kappa shape index (κ3) is 6.14. The van der Waals surface area contributed by atoms with E-state index in [0.717, 1.165) is 11.4 Å². The van der Waals surface area contributed by atoms with Crippen LogP contribution in [0.1, 0.15) is 20.3 Å². The predicted octanol–water partition coefficient (Wildman–Crippen LogP) is 2.18. The lowest BCUT2D eigenvalue weighted by Crippen LogP contribution is -2.23. The number of nitrogens with two attached hydrogens (primary N) is 1. The van der Waals surface area contributed by atoms with Gasteiger partial charge in [-0.25, -0.2) is 0 Å². The van der Waals surface area contributed by atoms with Crippen LogP contribution in [-0.2, 0) is 4.79 Å². The number of benzene rings is 1. The number of carbonyl (C=O) groups excluding carboxylic acids is 1. The average molecular weight is 259 g/mol. The number of hydrogen-bond donors (Lipinski definition) is 2. The Kier molecular flexibility index (Phi) is 7.34. The van der Waals surface area contributed by atoms with E-state index in [1.807, 2.05) is 25.1 Å². The van der Waals surface area contributed by atoms with Gasteiger partial charge in [0, 0.05) is 24.2 Å². The van der Waals surface area contributed by atoms with Crippen LogP contribution in [0.5, 0.6) is 5.75 Å². The highest BCUT2D eigenvalue weighted by Crippen LogP contribution is 2.17. The molecule has 0 aromatic heterocycles. The number of rotatable bonds is 5. The van der Waals surface area contributed by atoms with Crippen molar-refractivity contribution in [1.29, 1.82) is 0 Å². The highest BCUT2D eigenvalue weighted by atomic mass is 35.5. The van der Waals surface area contributed by atoms with Crippen LogP contribution < -0.4 is 15.8 Å². The number of carbonyl (C=O) groups is 1. The van der Waals surface area contributed by atoms with E-state index in [-0.39, 0.29) is 24.4 Å². The van der Waals surface area contributed by atoms with Crippen molar-refractivity contribution in [3.8, 4) is 5.75 Å². The van der Waals surface area contributed by atoms with E-state index in [9.17, 15) is 4.79 Å². The highest BCUT2D eigenvalue weighted by molar-refractivity contribution is 5.91. The molecule has 1 aromatic carbocycles. The Morgan fingerprint density at radius 2 is 2.24 bits per heavy atom. The second-order valence-electron chi connectivity index (χ2n) is 3.69. The van der Waals surface area contributed by atoms with E-state index >= 15 is 0 Å². The van der Waals surface area contributed by atoms with E-state index in [2.05, 4.69) is 5.32 Å². The van der Waals surface area contributed by atoms with Gasteiger partial charge in [-0.1, -0.05) is 6.07 Å². The Balaban J connectivity index is 0.00000256. The lowest BCUT2D eigenvalue weighted by atomic mass is 10.2. The second-order valence-corrected chi connectivity index (χ2v) is 3.69. The molecule has 0 fully saturated rings. The average Bonchev–Trinajstić information content (AvgIpc) is 2.17. The molecular formula is C12H19ClN2O2. The van der Waals surface area contributed by atoms with Crippen molar-refractivity contribution in [3.05, 3.63) is 24.3 Å². The monoisotopic (exact) mass is 258 g/mol. The number of hydrogen-bond acceptors (Lipinski definition) is 3. The lowest BCUT2D eigenvalue weighted by molar-refractivity contribution is -0.116. The van der Waals surface area contributed by atoms with Crippen LogP contribution in [0.3, 0.4) is 0 Å². The highest BCUT2D eigenvalue weighted by Gasteiger charge is 2.05. The molecule has 5 heteroatoms.